The Bertz CT molecular complexity index is 363. The molecule has 0 saturated carbocycles. The standard InChI is InChI=1S/C11H16N4/c1-14-7-11(6-13-14)9-15-4-2-3-10(5-12)8-15/h6-7,10H,2-4,8-9H2,1H3. The average Bonchev–Trinajstić information content (AvgIpc) is 2.64. The zero-order valence-corrected chi connectivity index (χ0v) is 9.06. The van der Waals surface area contributed by atoms with Crippen molar-refractivity contribution in [2.45, 2.75) is 19.4 Å². The molecule has 1 aliphatic heterocycles. The zero-order valence-electron chi connectivity index (χ0n) is 9.06. The molecule has 0 N–H and O–H groups in total. The lowest BCUT2D eigenvalue weighted by molar-refractivity contribution is 0.192. The van der Waals surface area contributed by atoms with E-state index in [1.807, 2.05) is 24.1 Å². The van der Waals surface area contributed by atoms with Gasteiger partial charge in [0.25, 0.3) is 0 Å². The second kappa shape index (κ2) is 4.45. The monoisotopic (exact) mass is 204 g/mol. The van der Waals surface area contributed by atoms with E-state index < -0.39 is 0 Å². The van der Waals surface area contributed by atoms with Gasteiger partial charge in [0.1, 0.15) is 0 Å². The van der Waals surface area contributed by atoms with E-state index >= 15 is 0 Å². The molecule has 1 aromatic heterocycles. The molecule has 15 heavy (non-hydrogen) atoms. The molecule has 0 aromatic carbocycles. The van der Waals surface area contributed by atoms with Gasteiger partial charge in [-0.3, -0.25) is 9.58 Å². The maximum atomic E-state index is 8.89. The maximum absolute atomic E-state index is 8.89. The lowest BCUT2D eigenvalue weighted by Crippen LogP contribution is -2.34. The van der Waals surface area contributed by atoms with Crippen LogP contribution < -0.4 is 0 Å². The van der Waals surface area contributed by atoms with Crippen molar-refractivity contribution >= 4 is 0 Å². The van der Waals surface area contributed by atoms with Crippen molar-refractivity contribution in [3.63, 3.8) is 0 Å². The summed E-state index contributed by atoms with van der Waals surface area (Å²) < 4.78 is 1.82. The number of nitrogens with zero attached hydrogens (tertiary/aromatic N) is 4. The van der Waals surface area contributed by atoms with Gasteiger partial charge >= 0.3 is 0 Å². The van der Waals surface area contributed by atoms with Gasteiger partial charge in [0.2, 0.25) is 0 Å². The van der Waals surface area contributed by atoms with Gasteiger partial charge in [0.15, 0.2) is 0 Å². The van der Waals surface area contributed by atoms with Gasteiger partial charge < -0.3 is 0 Å². The Hall–Kier alpha value is -1.34. The minimum atomic E-state index is 0.218. The van der Waals surface area contributed by atoms with Crippen LogP contribution in [0.4, 0.5) is 0 Å². The average molecular weight is 204 g/mol. The molecule has 0 radical (unpaired) electrons. The Labute approximate surface area is 90.1 Å². The Morgan fingerprint density at radius 1 is 1.67 bits per heavy atom. The van der Waals surface area contributed by atoms with Crippen molar-refractivity contribution in [2.24, 2.45) is 13.0 Å². The van der Waals surface area contributed by atoms with Crippen LogP contribution in [0.25, 0.3) is 0 Å². The van der Waals surface area contributed by atoms with Crippen molar-refractivity contribution in [1.29, 1.82) is 5.26 Å². The summed E-state index contributed by atoms with van der Waals surface area (Å²) in [5, 5.41) is 13.0. The second-order valence-corrected chi connectivity index (χ2v) is 4.23. The quantitative estimate of drug-likeness (QED) is 0.726. The second-order valence-electron chi connectivity index (χ2n) is 4.23. The van der Waals surface area contributed by atoms with E-state index in [9.17, 15) is 0 Å². The molecule has 1 saturated heterocycles. The maximum Gasteiger partial charge on any atom is 0.0669 e. The molecular weight excluding hydrogens is 188 g/mol. The van der Waals surface area contributed by atoms with Gasteiger partial charge in [-0.1, -0.05) is 0 Å². The predicted molar refractivity (Wildman–Crippen MR) is 56.8 cm³/mol. The van der Waals surface area contributed by atoms with E-state index in [4.69, 9.17) is 5.26 Å². The number of hydrogen-bond acceptors (Lipinski definition) is 3. The molecule has 4 heteroatoms. The van der Waals surface area contributed by atoms with Crippen LogP contribution in [0.15, 0.2) is 12.4 Å². The van der Waals surface area contributed by atoms with Gasteiger partial charge in [-0.25, -0.2) is 0 Å². The molecule has 0 spiro atoms. The predicted octanol–water partition coefficient (Wildman–Crippen LogP) is 1.16. The van der Waals surface area contributed by atoms with Gasteiger partial charge in [0.05, 0.1) is 18.2 Å². The summed E-state index contributed by atoms with van der Waals surface area (Å²) in [6, 6.07) is 2.36. The Morgan fingerprint density at radius 2 is 2.53 bits per heavy atom. The lowest BCUT2D eigenvalue weighted by Gasteiger charge is -2.28. The minimum absolute atomic E-state index is 0.218. The third-order valence-corrected chi connectivity index (χ3v) is 2.85. The summed E-state index contributed by atoms with van der Waals surface area (Å²) >= 11 is 0. The van der Waals surface area contributed by atoms with Gasteiger partial charge in [0, 0.05) is 31.9 Å². The minimum Gasteiger partial charge on any atom is -0.298 e. The number of piperidine rings is 1. The molecule has 1 atom stereocenters. The zero-order chi connectivity index (χ0) is 10.7. The van der Waals surface area contributed by atoms with Crippen molar-refractivity contribution in [1.82, 2.24) is 14.7 Å². The first-order chi connectivity index (χ1) is 7.28. The summed E-state index contributed by atoms with van der Waals surface area (Å²) in [5.74, 6) is 0.218. The number of rotatable bonds is 2. The van der Waals surface area contributed by atoms with Crippen molar-refractivity contribution in [2.75, 3.05) is 13.1 Å². The molecule has 80 valence electrons. The third kappa shape index (κ3) is 2.57. The van der Waals surface area contributed by atoms with E-state index in [-0.39, 0.29) is 5.92 Å². The fraction of sp³-hybridized carbons (Fsp3) is 0.636. The molecule has 2 heterocycles. The largest absolute Gasteiger partial charge is 0.298 e. The topological polar surface area (TPSA) is 44.9 Å². The summed E-state index contributed by atoms with van der Waals surface area (Å²) in [6.07, 6.45) is 6.13. The molecule has 1 aliphatic rings. The van der Waals surface area contributed by atoms with E-state index in [0.29, 0.717) is 0 Å². The summed E-state index contributed by atoms with van der Waals surface area (Å²) in [7, 11) is 1.93. The van der Waals surface area contributed by atoms with Crippen LogP contribution in [-0.2, 0) is 13.6 Å². The molecule has 1 unspecified atom stereocenters. The molecule has 1 fully saturated rings. The smallest absolute Gasteiger partial charge is 0.0669 e. The number of hydrogen-bond donors (Lipinski definition) is 0. The summed E-state index contributed by atoms with van der Waals surface area (Å²) in [6.45, 7) is 2.94. The number of nitriles is 1. The highest BCUT2D eigenvalue weighted by atomic mass is 15.2. The third-order valence-electron chi connectivity index (χ3n) is 2.85. The van der Waals surface area contributed by atoms with E-state index in [0.717, 1.165) is 32.5 Å². The van der Waals surface area contributed by atoms with Crippen molar-refractivity contribution in [3.05, 3.63) is 18.0 Å². The Balaban J connectivity index is 1.92. The number of likely N-dealkylation sites (tertiary alicyclic amines) is 1. The highest BCUT2D eigenvalue weighted by molar-refractivity contribution is 5.04. The van der Waals surface area contributed by atoms with Crippen LogP contribution in [-0.4, -0.2) is 27.8 Å². The fourth-order valence-corrected chi connectivity index (χ4v) is 2.12. The van der Waals surface area contributed by atoms with Gasteiger partial charge in [-0.05, 0) is 19.4 Å². The van der Waals surface area contributed by atoms with Gasteiger partial charge in [-0.2, -0.15) is 10.4 Å². The van der Waals surface area contributed by atoms with Gasteiger partial charge in [-0.15, -0.1) is 0 Å². The molecule has 0 aliphatic carbocycles. The SMILES string of the molecule is Cn1cc(CN2CCCC(C#N)C2)cn1. The van der Waals surface area contributed by atoms with Crippen LogP contribution in [0.2, 0.25) is 0 Å². The van der Waals surface area contributed by atoms with Crippen molar-refractivity contribution < 1.29 is 0 Å². The number of aryl methyl sites for hydroxylation is 1. The normalized spacial score (nSPS) is 22.5. The highest BCUT2D eigenvalue weighted by Gasteiger charge is 2.19. The first kappa shape index (κ1) is 10.2. The Morgan fingerprint density at radius 3 is 3.20 bits per heavy atom. The van der Waals surface area contributed by atoms with E-state index in [1.165, 1.54) is 5.56 Å². The molecule has 0 amide bonds. The van der Waals surface area contributed by atoms with Crippen LogP contribution in [0.1, 0.15) is 18.4 Å². The van der Waals surface area contributed by atoms with Crippen LogP contribution in [0.5, 0.6) is 0 Å². The highest BCUT2D eigenvalue weighted by Crippen LogP contribution is 2.17. The molecular formula is C11H16N4. The lowest BCUT2D eigenvalue weighted by atomic mass is 9.99. The number of aromatic nitrogens is 2. The van der Waals surface area contributed by atoms with E-state index in [2.05, 4.69) is 16.1 Å². The van der Waals surface area contributed by atoms with E-state index in [1.54, 1.807) is 0 Å². The first-order valence-electron chi connectivity index (χ1n) is 5.37. The first-order valence-corrected chi connectivity index (χ1v) is 5.37. The summed E-state index contributed by atoms with van der Waals surface area (Å²) in [5.41, 5.74) is 1.23. The summed E-state index contributed by atoms with van der Waals surface area (Å²) in [4.78, 5) is 2.34. The fourth-order valence-electron chi connectivity index (χ4n) is 2.12. The molecule has 2 rings (SSSR count). The Kier molecular flexibility index (Phi) is 3.02. The molecule has 4 nitrogen and oxygen atoms in total. The van der Waals surface area contributed by atoms with Crippen molar-refractivity contribution in [3.8, 4) is 6.07 Å². The molecule has 1 aromatic rings. The van der Waals surface area contributed by atoms with Crippen LogP contribution in [0, 0.1) is 17.2 Å². The van der Waals surface area contributed by atoms with Crippen LogP contribution in [0.3, 0.4) is 0 Å². The molecule has 0 bridgehead atoms. The van der Waals surface area contributed by atoms with Crippen LogP contribution >= 0.6 is 0 Å².